The third kappa shape index (κ3) is 7.33. The predicted molar refractivity (Wildman–Crippen MR) is 103 cm³/mol. The van der Waals surface area contributed by atoms with Crippen LogP contribution in [0.25, 0.3) is 0 Å². The number of nitrogens with two attached hydrogens (primary N) is 2. The van der Waals surface area contributed by atoms with Crippen LogP contribution in [-0.2, 0) is 24.0 Å². The summed E-state index contributed by atoms with van der Waals surface area (Å²) in [5, 5.41) is 13.9. The van der Waals surface area contributed by atoms with E-state index < -0.39 is 53.8 Å². The van der Waals surface area contributed by atoms with Gasteiger partial charge in [0.1, 0.15) is 18.1 Å². The molecule has 1 heterocycles. The van der Waals surface area contributed by atoms with Gasteiger partial charge in [0.2, 0.25) is 23.6 Å². The fraction of sp³-hybridized carbons (Fsp3) is 0.722. The molecule has 1 rings (SSSR count). The number of aliphatic carboxylic acids is 1. The number of nitrogens with zero attached hydrogens (tertiary/aromatic N) is 1. The molecular weight excluding hydrogens is 382 g/mol. The molecule has 0 aliphatic carbocycles. The molecule has 0 aromatic heterocycles. The first-order valence-corrected chi connectivity index (χ1v) is 9.61. The number of likely N-dealkylation sites (tertiary alicyclic amines) is 1. The van der Waals surface area contributed by atoms with E-state index in [0.717, 1.165) is 0 Å². The maximum Gasteiger partial charge on any atom is 0.325 e. The number of carboxylic acid groups (broad SMARTS) is 1. The van der Waals surface area contributed by atoms with Gasteiger partial charge in [-0.25, -0.2) is 0 Å². The molecule has 11 nitrogen and oxygen atoms in total. The lowest BCUT2D eigenvalue weighted by Crippen LogP contribution is -2.57. The number of carbonyl (C=O) groups is 5. The predicted octanol–water partition coefficient (Wildman–Crippen LogP) is -1.70. The van der Waals surface area contributed by atoms with Crippen LogP contribution in [0, 0.1) is 5.92 Å². The van der Waals surface area contributed by atoms with Crippen molar-refractivity contribution < 1.29 is 29.1 Å². The summed E-state index contributed by atoms with van der Waals surface area (Å²) in [6.07, 6.45) is 0.933. The molecule has 0 aromatic rings. The van der Waals surface area contributed by atoms with Crippen LogP contribution in [-0.4, -0.2) is 70.3 Å². The summed E-state index contributed by atoms with van der Waals surface area (Å²) in [6, 6.07) is -4.00. The van der Waals surface area contributed by atoms with E-state index in [-0.39, 0.29) is 12.3 Å². The minimum atomic E-state index is -1.18. The summed E-state index contributed by atoms with van der Waals surface area (Å²) >= 11 is 0. The number of primary amides is 1. The normalized spacial score (nSPS) is 19.3. The Kier molecular flexibility index (Phi) is 9.02. The quantitative estimate of drug-likeness (QED) is 0.282. The molecule has 1 aliphatic heterocycles. The second-order valence-electron chi connectivity index (χ2n) is 7.73. The van der Waals surface area contributed by atoms with Crippen LogP contribution in [0.1, 0.15) is 46.5 Å². The highest BCUT2D eigenvalue weighted by molar-refractivity contribution is 5.95. The number of nitrogens with one attached hydrogen (secondary N) is 2. The van der Waals surface area contributed by atoms with Gasteiger partial charge in [0.15, 0.2) is 0 Å². The Labute approximate surface area is 169 Å². The van der Waals surface area contributed by atoms with Gasteiger partial charge in [-0.3, -0.25) is 24.0 Å². The summed E-state index contributed by atoms with van der Waals surface area (Å²) in [6.45, 7) is 5.40. The van der Waals surface area contributed by atoms with Gasteiger partial charge in [0.25, 0.3) is 0 Å². The highest BCUT2D eigenvalue weighted by Gasteiger charge is 2.38. The number of carboxylic acids is 1. The molecule has 7 N–H and O–H groups in total. The van der Waals surface area contributed by atoms with Crippen molar-refractivity contribution in [3.8, 4) is 0 Å². The van der Waals surface area contributed by atoms with Gasteiger partial charge in [-0.2, -0.15) is 0 Å². The van der Waals surface area contributed by atoms with Gasteiger partial charge in [-0.05, 0) is 32.1 Å². The Morgan fingerprint density at radius 1 is 1.14 bits per heavy atom. The second-order valence-corrected chi connectivity index (χ2v) is 7.73. The van der Waals surface area contributed by atoms with E-state index in [1.54, 1.807) is 0 Å². The zero-order valence-electron chi connectivity index (χ0n) is 17.0. The van der Waals surface area contributed by atoms with Crippen molar-refractivity contribution in [2.24, 2.45) is 17.4 Å². The maximum absolute atomic E-state index is 13.1. The van der Waals surface area contributed by atoms with Crippen LogP contribution in [0.15, 0.2) is 0 Å². The van der Waals surface area contributed by atoms with Gasteiger partial charge >= 0.3 is 5.97 Å². The first-order valence-electron chi connectivity index (χ1n) is 9.61. The smallest absolute Gasteiger partial charge is 0.325 e. The lowest BCUT2D eigenvalue weighted by atomic mass is 10.0. The Morgan fingerprint density at radius 2 is 1.76 bits per heavy atom. The van der Waals surface area contributed by atoms with E-state index in [4.69, 9.17) is 16.6 Å². The third-order valence-electron chi connectivity index (χ3n) is 4.65. The number of rotatable bonds is 10. The van der Waals surface area contributed by atoms with Crippen LogP contribution < -0.4 is 22.1 Å². The summed E-state index contributed by atoms with van der Waals surface area (Å²) in [5.41, 5.74) is 10.7. The standard InChI is InChI=1S/C18H31N5O6/c1-9(2)7-12(22-15(25)11(19)8-14(20)24)17(27)23-6-4-5-13(23)16(26)21-10(3)18(28)29/h9-13H,4-8,19H2,1-3H3,(H2,20,24)(H,21,26)(H,22,25)(H,28,29). The summed E-state index contributed by atoms with van der Waals surface area (Å²) < 4.78 is 0. The van der Waals surface area contributed by atoms with Crippen molar-refractivity contribution in [1.82, 2.24) is 15.5 Å². The van der Waals surface area contributed by atoms with Gasteiger partial charge in [0, 0.05) is 6.54 Å². The first-order chi connectivity index (χ1) is 13.4. The molecule has 1 aliphatic rings. The van der Waals surface area contributed by atoms with Crippen molar-refractivity contribution in [2.75, 3.05) is 6.54 Å². The number of carbonyl (C=O) groups excluding carboxylic acids is 4. The SMILES string of the molecule is CC(C)CC(NC(=O)C(N)CC(N)=O)C(=O)N1CCCC1C(=O)NC(C)C(=O)O. The van der Waals surface area contributed by atoms with Crippen molar-refractivity contribution in [1.29, 1.82) is 0 Å². The van der Waals surface area contributed by atoms with Gasteiger partial charge in [0.05, 0.1) is 12.5 Å². The molecule has 0 aromatic carbocycles. The van der Waals surface area contributed by atoms with Crippen LogP contribution in [0.3, 0.4) is 0 Å². The minimum absolute atomic E-state index is 0.0542. The van der Waals surface area contributed by atoms with E-state index in [1.807, 2.05) is 13.8 Å². The zero-order chi connectivity index (χ0) is 22.3. The van der Waals surface area contributed by atoms with Crippen molar-refractivity contribution >= 4 is 29.6 Å². The first kappa shape index (κ1) is 24.3. The third-order valence-corrected chi connectivity index (χ3v) is 4.65. The number of amides is 4. The summed E-state index contributed by atoms with van der Waals surface area (Å²) in [4.78, 5) is 61.1. The van der Waals surface area contributed by atoms with E-state index >= 15 is 0 Å². The molecule has 1 fully saturated rings. The molecule has 0 radical (unpaired) electrons. The van der Waals surface area contributed by atoms with E-state index in [9.17, 15) is 24.0 Å². The largest absolute Gasteiger partial charge is 0.480 e. The van der Waals surface area contributed by atoms with Crippen LogP contribution in [0.5, 0.6) is 0 Å². The maximum atomic E-state index is 13.1. The lowest BCUT2D eigenvalue weighted by molar-refractivity contribution is -0.144. The van der Waals surface area contributed by atoms with Crippen LogP contribution in [0.2, 0.25) is 0 Å². The monoisotopic (exact) mass is 413 g/mol. The molecule has 164 valence electrons. The van der Waals surface area contributed by atoms with E-state index in [0.29, 0.717) is 25.8 Å². The molecule has 0 spiro atoms. The molecule has 0 bridgehead atoms. The number of hydrogen-bond donors (Lipinski definition) is 5. The highest BCUT2D eigenvalue weighted by atomic mass is 16.4. The molecule has 0 saturated carbocycles. The average molecular weight is 413 g/mol. The fourth-order valence-corrected chi connectivity index (χ4v) is 3.16. The molecular formula is C18H31N5O6. The Bertz CT molecular complexity index is 653. The molecule has 4 amide bonds. The Morgan fingerprint density at radius 3 is 2.28 bits per heavy atom. The molecule has 29 heavy (non-hydrogen) atoms. The van der Waals surface area contributed by atoms with Crippen molar-refractivity contribution in [2.45, 2.75) is 70.6 Å². The summed E-state index contributed by atoms with van der Waals surface area (Å²) in [7, 11) is 0. The van der Waals surface area contributed by atoms with Crippen molar-refractivity contribution in [3.63, 3.8) is 0 Å². The molecule has 11 heteroatoms. The second kappa shape index (κ2) is 10.7. The van der Waals surface area contributed by atoms with Gasteiger partial charge < -0.3 is 32.1 Å². The van der Waals surface area contributed by atoms with Crippen LogP contribution in [0.4, 0.5) is 0 Å². The highest BCUT2D eigenvalue weighted by Crippen LogP contribution is 2.20. The molecule has 1 saturated heterocycles. The minimum Gasteiger partial charge on any atom is -0.480 e. The lowest BCUT2D eigenvalue weighted by Gasteiger charge is -2.30. The van der Waals surface area contributed by atoms with Crippen molar-refractivity contribution in [3.05, 3.63) is 0 Å². The van der Waals surface area contributed by atoms with E-state index in [2.05, 4.69) is 10.6 Å². The number of hydrogen-bond acceptors (Lipinski definition) is 6. The molecule has 4 unspecified atom stereocenters. The van der Waals surface area contributed by atoms with Gasteiger partial charge in [-0.15, -0.1) is 0 Å². The average Bonchev–Trinajstić information content (AvgIpc) is 3.08. The summed E-state index contributed by atoms with van der Waals surface area (Å²) in [5.74, 6) is -3.53. The molecule has 4 atom stereocenters. The van der Waals surface area contributed by atoms with Crippen LogP contribution >= 0.6 is 0 Å². The Balaban J connectivity index is 2.91. The zero-order valence-corrected chi connectivity index (χ0v) is 17.0. The van der Waals surface area contributed by atoms with Gasteiger partial charge in [-0.1, -0.05) is 13.8 Å². The fourth-order valence-electron chi connectivity index (χ4n) is 3.16. The van der Waals surface area contributed by atoms with E-state index in [1.165, 1.54) is 11.8 Å². The Hall–Kier alpha value is -2.69. The topological polar surface area (TPSA) is 185 Å².